The first-order valence-electron chi connectivity index (χ1n) is 8.43. The topological polar surface area (TPSA) is 12.0 Å². The van der Waals surface area contributed by atoms with Gasteiger partial charge in [-0.2, -0.15) is 0 Å². The van der Waals surface area contributed by atoms with Crippen LogP contribution in [-0.2, 0) is 0 Å². The third kappa shape index (κ3) is 7.34. The predicted octanol–water partition coefficient (Wildman–Crippen LogP) is 5.40. The van der Waals surface area contributed by atoms with E-state index < -0.39 is 0 Å². The van der Waals surface area contributed by atoms with E-state index in [1.807, 2.05) is 0 Å². The highest BCUT2D eigenvalue weighted by molar-refractivity contribution is 4.80. The third-order valence-corrected chi connectivity index (χ3v) is 4.77. The molecule has 0 heterocycles. The van der Waals surface area contributed by atoms with Crippen molar-refractivity contribution >= 4 is 0 Å². The van der Waals surface area contributed by atoms with Crippen molar-refractivity contribution < 1.29 is 0 Å². The zero-order valence-electron chi connectivity index (χ0n) is 14.3. The van der Waals surface area contributed by atoms with Crippen LogP contribution in [0.2, 0.25) is 0 Å². The molecule has 1 aliphatic rings. The first-order chi connectivity index (χ1) is 8.68. The molecule has 0 radical (unpaired) electrons. The van der Waals surface area contributed by atoms with Gasteiger partial charge in [0.2, 0.25) is 0 Å². The molecule has 1 saturated carbocycles. The summed E-state index contributed by atoms with van der Waals surface area (Å²) in [6.45, 7) is 15.2. The molecular formula is C18H37N. The summed E-state index contributed by atoms with van der Waals surface area (Å²) >= 11 is 0. The smallest absolute Gasteiger partial charge is 0.00965 e. The van der Waals surface area contributed by atoms with Crippen molar-refractivity contribution in [3.05, 3.63) is 0 Å². The average Bonchev–Trinajstić information content (AvgIpc) is 2.26. The van der Waals surface area contributed by atoms with Crippen LogP contribution in [0.3, 0.4) is 0 Å². The maximum absolute atomic E-state index is 3.59. The fourth-order valence-corrected chi connectivity index (χ4v) is 3.34. The molecule has 1 fully saturated rings. The van der Waals surface area contributed by atoms with E-state index in [2.05, 4.69) is 46.9 Å². The van der Waals surface area contributed by atoms with Crippen molar-refractivity contribution in [1.82, 2.24) is 5.32 Å². The Kier molecular flexibility index (Phi) is 6.36. The van der Waals surface area contributed by atoms with Crippen LogP contribution in [0.15, 0.2) is 0 Å². The second-order valence-electron chi connectivity index (χ2n) is 8.76. The van der Waals surface area contributed by atoms with Crippen LogP contribution < -0.4 is 5.32 Å². The van der Waals surface area contributed by atoms with E-state index in [-0.39, 0.29) is 5.54 Å². The van der Waals surface area contributed by atoms with E-state index in [1.165, 1.54) is 51.5 Å². The number of hydrogen-bond donors (Lipinski definition) is 1. The van der Waals surface area contributed by atoms with Gasteiger partial charge in [-0.25, -0.2) is 0 Å². The average molecular weight is 268 g/mol. The molecule has 1 heteroatoms. The van der Waals surface area contributed by atoms with E-state index >= 15 is 0 Å². The lowest BCUT2D eigenvalue weighted by Crippen LogP contribution is -2.36. The van der Waals surface area contributed by atoms with Gasteiger partial charge in [0, 0.05) is 5.54 Å². The van der Waals surface area contributed by atoms with Crippen LogP contribution in [0, 0.1) is 17.3 Å². The quantitative estimate of drug-likeness (QED) is 0.658. The molecule has 0 unspecified atom stereocenters. The Hall–Kier alpha value is -0.0400. The number of hydrogen-bond acceptors (Lipinski definition) is 1. The Morgan fingerprint density at radius 1 is 0.842 bits per heavy atom. The summed E-state index contributed by atoms with van der Waals surface area (Å²) in [4.78, 5) is 0. The summed E-state index contributed by atoms with van der Waals surface area (Å²) < 4.78 is 0. The van der Waals surface area contributed by atoms with Gasteiger partial charge in [-0.1, -0.05) is 46.5 Å². The maximum Gasteiger partial charge on any atom is 0.00965 e. The summed E-state index contributed by atoms with van der Waals surface area (Å²) in [5, 5.41) is 3.59. The van der Waals surface area contributed by atoms with Crippen LogP contribution in [-0.4, -0.2) is 12.1 Å². The molecule has 0 aromatic rings. The zero-order chi connectivity index (χ0) is 14.5. The SMILES string of the molecule is CC(C)(C)NCCCCC1CCC(C(C)(C)C)CC1. The van der Waals surface area contributed by atoms with Gasteiger partial charge in [-0.05, 0) is 63.8 Å². The van der Waals surface area contributed by atoms with Crippen LogP contribution >= 0.6 is 0 Å². The van der Waals surface area contributed by atoms with Crippen molar-refractivity contribution in [1.29, 1.82) is 0 Å². The van der Waals surface area contributed by atoms with Crippen LogP contribution in [0.1, 0.15) is 86.5 Å². The number of nitrogens with one attached hydrogen (secondary N) is 1. The third-order valence-electron chi connectivity index (χ3n) is 4.77. The summed E-state index contributed by atoms with van der Waals surface area (Å²) in [5.41, 5.74) is 0.812. The highest BCUT2D eigenvalue weighted by atomic mass is 14.9. The molecule has 0 bridgehead atoms. The van der Waals surface area contributed by atoms with Gasteiger partial charge in [-0.3, -0.25) is 0 Å². The molecule has 19 heavy (non-hydrogen) atoms. The van der Waals surface area contributed by atoms with Crippen molar-refractivity contribution in [3.8, 4) is 0 Å². The number of unbranched alkanes of at least 4 members (excludes halogenated alkanes) is 1. The summed E-state index contributed by atoms with van der Waals surface area (Å²) in [5.74, 6) is 1.99. The van der Waals surface area contributed by atoms with Gasteiger partial charge in [0.15, 0.2) is 0 Å². The lowest BCUT2D eigenvalue weighted by atomic mass is 9.69. The van der Waals surface area contributed by atoms with Gasteiger partial charge in [0.1, 0.15) is 0 Å². The fourth-order valence-electron chi connectivity index (χ4n) is 3.34. The van der Waals surface area contributed by atoms with Gasteiger partial charge in [0.05, 0.1) is 0 Å². The lowest BCUT2D eigenvalue weighted by Gasteiger charge is -2.37. The molecule has 1 nitrogen and oxygen atoms in total. The van der Waals surface area contributed by atoms with E-state index in [9.17, 15) is 0 Å². The minimum absolute atomic E-state index is 0.283. The minimum Gasteiger partial charge on any atom is -0.312 e. The molecule has 114 valence electrons. The van der Waals surface area contributed by atoms with Gasteiger partial charge in [-0.15, -0.1) is 0 Å². The first kappa shape index (κ1) is 17.0. The Morgan fingerprint density at radius 2 is 1.42 bits per heavy atom. The molecule has 1 N–H and O–H groups in total. The Bertz CT molecular complexity index is 235. The fraction of sp³-hybridized carbons (Fsp3) is 1.00. The molecular weight excluding hydrogens is 230 g/mol. The Morgan fingerprint density at radius 3 is 1.89 bits per heavy atom. The minimum atomic E-state index is 0.283. The first-order valence-corrected chi connectivity index (χ1v) is 8.43. The van der Waals surface area contributed by atoms with E-state index in [0.29, 0.717) is 5.41 Å². The molecule has 0 atom stereocenters. The molecule has 0 aliphatic heterocycles. The van der Waals surface area contributed by atoms with Crippen molar-refractivity contribution in [3.63, 3.8) is 0 Å². The summed E-state index contributed by atoms with van der Waals surface area (Å²) in [7, 11) is 0. The van der Waals surface area contributed by atoms with Crippen LogP contribution in [0.25, 0.3) is 0 Å². The Labute approximate surface area is 121 Å². The van der Waals surface area contributed by atoms with E-state index in [1.54, 1.807) is 0 Å². The molecule has 0 spiro atoms. The Balaban J connectivity index is 2.07. The summed E-state index contributed by atoms with van der Waals surface area (Å²) in [6, 6.07) is 0. The molecule has 1 rings (SSSR count). The highest BCUT2D eigenvalue weighted by Gasteiger charge is 2.29. The lowest BCUT2D eigenvalue weighted by molar-refractivity contribution is 0.145. The van der Waals surface area contributed by atoms with Gasteiger partial charge in [0.25, 0.3) is 0 Å². The van der Waals surface area contributed by atoms with Gasteiger partial charge >= 0.3 is 0 Å². The van der Waals surface area contributed by atoms with Crippen LogP contribution in [0.4, 0.5) is 0 Å². The zero-order valence-corrected chi connectivity index (χ0v) is 14.3. The monoisotopic (exact) mass is 267 g/mol. The van der Waals surface area contributed by atoms with E-state index in [4.69, 9.17) is 0 Å². The van der Waals surface area contributed by atoms with E-state index in [0.717, 1.165) is 11.8 Å². The number of rotatable bonds is 5. The largest absolute Gasteiger partial charge is 0.312 e. The molecule has 0 saturated heterocycles. The standard InChI is InChI=1S/C18H37N/c1-17(2,3)16-12-10-15(11-13-16)9-7-8-14-19-18(4,5)6/h15-16,19H,7-14H2,1-6H3. The molecule has 0 amide bonds. The summed E-state index contributed by atoms with van der Waals surface area (Å²) in [6.07, 6.45) is 10.1. The van der Waals surface area contributed by atoms with Crippen molar-refractivity contribution in [2.24, 2.45) is 17.3 Å². The van der Waals surface area contributed by atoms with Gasteiger partial charge < -0.3 is 5.32 Å². The maximum atomic E-state index is 3.59. The second kappa shape index (κ2) is 7.11. The molecule has 0 aromatic carbocycles. The van der Waals surface area contributed by atoms with Crippen molar-refractivity contribution in [2.75, 3.05) is 6.54 Å². The normalized spacial score (nSPS) is 25.6. The highest BCUT2D eigenvalue weighted by Crippen LogP contribution is 2.40. The predicted molar refractivity (Wildman–Crippen MR) is 86.5 cm³/mol. The van der Waals surface area contributed by atoms with Crippen molar-refractivity contribution in [2.45, 2.75) is 92.0 Å². The molecule has 0 aromatic heterocycles. The molecule has 1 aliphatic carbocycles. The van der Waals surface area contributed by atoms with Crippen LogP contribution in [0.5, 0.6) is 0 Å². The second-order valence-corrected chi connectivity index (χ2v) is 8.76.